The van der Waals surface area contributed by atoms with Gasteiger partial charge in [0.05, 0.1) is 18.1 Å². The van der Waals surface area contributed by atoms with Crippen LogP contribution >= 0.6 is 49.6 Å². The van der Waals surface area contributed by atoms with Crippen LogP contribution in [0.3, 0.4) is 0 Å². The summed E-state index contributed by atoms with van der Waals surface area (Å²) in [5, 5.41) is 20.3. The number of carbonyl (C=O) groups is 10. The van der Waals surface area contributed by atoms with Gasteiger partial charge in [-0.1, -0.05) is 217 Å². The average Bonchev–Trinajstić information content (AvgIpc) is 1.73. The number of likely N-dealkylation sites (N-methyl/N-ethyl adjacent to an activating group) is 2. The lowest BCUT2D eigenvalue weighted by molar-refractivity contribution is -0.193. The second-order valence-corrected chi connectivity index (χ2v) is 38.7. The maximum atomic E-state index is 12.1. The Labute approximate surface area is 877 Å². The zero-order valence-corrected chi connectivity index (χ0v) is 93.3. The highest BCUT2D eigenvalue weighted by molar-refractivity contribution is 6.02. The van der Waals surface area contributed by atoms with Crippen molar-refractivity contribution in [2.24, 2.45) is 29.2 Å². The number of alkyl carbamates (subject to hydrolysis) is 3. The molecule has 1 heterocycles. The Bertz CT molecular complexity index is 4140. The summed E-state index contributed by atoms with van der Waals surface area (Å²) >= 11 is 0. The van der Waals surface area contributed by atoms with Crippen molar-refractivity contribution < 1.29 is 67.0 Å². The molecule has 0 spiro atoms. The molecule has 5 aromatic rings. The Morgan fingerprint density at radius 3 is 0.789 bits per heavy atom. The van der Waals surface area contributed by atoms with Gasteiger partial charge in [-0.2, -0.15) is 0 Å². The first kappa shape index (κ1) is 143. The monoisotopic (exact) mass is 2070 g/mol. The third kappa shape index (κ3) is 92.4. The van der Waals surface area contributed by atoms with Gasteiger partial charge in [0.25, 0.3) is 11.8 Å². The molecule has 0 radical (unpaired) electrons. The summed E-state index contributed by atoms with van der Waals surface area (Å²) in [6, 6.07) is 48.4. The van der Waals surface area contributed by atoms with Crippen LogP contribution in [0.1, 0.15) is 163 Å². The largest absolute Gasteiger partial charge is 0.444 e. The van der Waals surface area contributed by atoms with E-state index < -0.39 is 58.9 Å². The van der Waals surface area contributed by atoms with E-state index in [9.17, 15) is 47.9 Å². The van der Waals surface area contributed by atoms with E-state index in [-0.39, 0.29) is 98.2 Å². The van der Waals surface area contributed by atoms with Crippen LogP contribution in [-0.2, 0) is 84.7 Å². The van der Waals surface area contributed by atoms with Crippen LogP contribution in [0.5, 0.6) is 0 Å². The normalized spacial score (nSPS) is 12.7. The number of hydroxylamine groups is 2. The minimum absolute atomic E-state index is 0. The Morgan fingerprint density at radius 2 is 0.563 bits per heavy atom. The predicted octanol–water partition coefficient (Wildman–Crippen LogP) is 15.1. The van der Waals surface area contributed by atoms with Gasteiger partial charge >= 0.3 is 24.2 Å². The number of hydrogen-bond donors (Lipinski definition) is 9. The van der Waals surface area contributed by atoms with Gasteiger partial charge in [-0.05, 0) is 295 Å². The molecule has 1 aliphatic heterocycles. The van der Waals surface area contributed by atoms with E-state index in [0.29, 0.717) is 55.8 Å². The molecule has 1 saturated heterocycles. The van der Waals surface area contributed by atoms with Crippen LogP contribution in [-0.4, -0.2) is 292 Å². The number of halogens is 4. The quantitative estimate of drug-likeness (QED) is 0.00757. The van der Waals surface area contributed by atoms with Crippen LogP contribution in [0.25, 0.3) is 0 Å². The van der Waals surface area contributed by atoms with Crippen LogP contribution in [0.15, 0.2) is 212 Å². The summed E-state index contributed by atoms with van der Waals surface area (Å²) in [4.78, 5) is 136. The summed E-state index contributed by atoms with van der Waals surface area (Å²) in [7, 11) is 24.2. The number of nitrogens with zero attached hydrogens (tertiary/aromatic N) is 7. The minimum Gasteiger partial charge on any atom is -0.444 e. The van der Waals surface area contributed by atoms with E-state index >= 15 is 0 Å². The average molecular weight is 2070 g/mol. The van der Waals surface area contributed by atoms with E-state index in [1.807, 2.05) is 256 Å². The van der Waals surface area contributed by atoms with Gasteiger partial charge in [0, 0.05) is 76.9 Å². The van der Waals surface area contributed by atoms with Gasteiger partial charge in [-0.3, -0.25) is 28.8 Å². The van der Waals surface area contributed by atoms with Crippen molar-refractivity contribution in [1.29, 1.82) is 0 Å². The molecule has 0 aliphatic carbocycles. The van der Waals surface area contributed by atoms with Crippen LogP contribution in [0.2, 0.25) is 0 Å². The van der Waals surface area contributed by atoms with Crippen molar-refractivity contribution in [3.05, 3.63) is 240 Å². The standard InChI is InChI=1S/2C21H33N3O3.C20H24N2O6.C17H26N2O.C16H24N2O.C5H14N2.C4H12N2.C4H10.4ClH/c2*1-21(2,3)27-20(26)23-18(16-17-10-7-6-8-11-17)12-13-19(25)22-14-9-15-24(4)5;1-20(2,3)27-19(26)21-15(13-14-7-5-4-6-8-14)9-12-18(25)28-22-16(23)10-11-17(22)24;1-15(14-16-8-5-4-6-9-16)10-11-17(20)18-12-7-13-19(2)3;1-14(13-15-7-5-4-6-8-15)9-10-16(19)17-11-12-18(2)3;1-7(2)5-3-4-6;1-6(2)4-3-5;1-4(2)3;;;;/h2*6-8,10-13,18H,9,14-16H2,1-5H3,(H,22,25)(H,23,26);4-9,12,15H,10-11,13H2,1-3H3,(H,21,26);4-6,8-11,15H,7,12-14H2,1-3H3,(H,18,20);4-10,14H,11-13H2,1-3H3,(H,17,19);3-6H2,1-2H3;3-5H2,1-2H3;4H,1-3H3;4*1H/b2*13-12+;12-9+;11-10+;10-9+;;;;;;;/t2*18-;;15-;14-;;;;;;;/m00.00......./s1. The summed E-state index contributed by atoms with van der Waals surface area (Å²) in [6.45, 7) is 36.9. The second kappa shape index (κ2) is 85.4. The smallest absolute Gasteiger partial charge is 0.408 e. The molecular weight excluding hydrogens is 1890 g/mol. The summed E-state index contributed by atoms with van der Waals surface area (Å²) < 4.78 is 15.9. The van der Waals surface area contributed by atoms with E-state index in [1.165, 1.54) is 29.4 Å². The molecule has 0 saturated carbocycles. The molecule has 142 heavy (non-hydrogen) atoms. The highest BCUT2D eigenvalue weighted by atomic mass is 35.5. The number of imide groups is 1. The van der Waals surface area contributed by atoms with E-state index in [0.717, 1.165) is 126 Å². The van der Waals surface area contributed by atoms with Crippen molar-refractivity contribution in [2.75, 3.05) is 163 Å². The number of benzene rings is 5. The number of hydrogen-bond acceptors (Lipinski definition) is 22. The molecule has 5 atom stereocenters. The van der Waals surface area contributed by atoms with Crippen molar-refractivity contribution >= 4 is 109 Å². The molecule has 0 aromatic heterocycles. The fourth-order valence-corrected chi connectivity index (χ4v) is 11.6. The van der Waals surface area contributed by atoms with Crippen LogP contribution in [0, 0.1) is 17.8 Å². The summed E-state index contributed by atoms with van der Waals surface area (Å²) in [6.07, 6.45) is 21.9. The van der Waals surface area contributed by atoms with Crippen LogP contribution in [0.4, 0.5) is 14.4 Å². The number of nitrogens with one attached hydrogen (secondary N) is 7. The molecule has 11 N–H and O–H groups in total. The lowest BCUT2D eigenvalue weighted by atomic mass is 10.0. The molecule has 6 rings (SSSR count). The molecular formula is C108H180Cl4N16O14. The number of ether oxygens (including phenoxy) is 3. The van der Waals surface area contributed by atoms with Crippen LogP contribution < -0.4 is 48.7 Å². The zero-order chi connectivity index (χ0) is 104. The third-order valence-corrected chi connectivity index (χ3v) is 18.1. The number of allylic oxidation sites excluding steroid dienone is 2. The fraction of sp³-hybridized carbons (Fsp3) is 0.537. The molecule has 0 bridgehead atoms. The summed E-state index contributed by atoms with van der Waals surface area (Å²) in [5.41, 5.74) is 14.3. The Balaban J connectivity index is -0.000000389. The maximum Gasteiger partial charge on any atom is 0.408 e. The molecule has 5 aromatic carbocycles. The summed E-state index contributed by atoms with van der Waals surface area (Å²) in [5.74, 6) is -0.778. The molecule has 804 valence electrons. The third-order valence-electron chi connectivity index (χ3n) is 18.1. The lowest BCUT2D eigenvalue weighted by Gasteiger charge is -2.22. The van der Waals surface area contributed by atoms with Gasteiger partial charge in [-0.25, -0.2) is 19.2 Å². The maximum absolute atomic E-state index is 12.1. The Hall–Kier alpha value is -10.1. The Kier molecular flexibility index (Phi) is 85.7. The lowest BCUT2D eigenvalue weighted by Crippen LogP contribution is -2.39. The van der Waals surface area contributed by atoms with E-state index in [4.69, 9.17) is 30.5 Å². The fourth-order valence-electron chi connectivity index (χ4n) is 11.6. The number of amides is 9. The van der Waals surface area contributed by atoms with Gasteiger partial charge in [0.1, 0.15) is 16.8 Å². The number of rotatable bonds is 44. The molecule has 1 fully saturated rings. The van der Waals surface area contributed by atoms with Gasteiger partial charge in [0.15, 0.2) is 0 Å². The van der Waals surface area contributed by atoms with E-state index in [2.05, 4.69) is 135 Å². The number of nitrogens with two attached hydrogens (primary N) is 2. The molecule has 1 aliphatic rings. The van der Waals surface area contributed by atoms with Crippen molar-refractivity contribution in [2.45, 2.75) is 202 Å². The van der Waals surface area contributed by atoms with Crippen molar-refractivity contribution in [1.82, 2.24) is 71.7 Å². The molecule has 9 amide bonds. The first-order valence-corrected chi connectivity index (χ1v) is 47.9. The predicted molar refractivity (Wildman–Crippen MR) is 591 cm³/mol. The second-order valence-electron chi connectivity index (χ2n) is 38.7. The van der Waals surface area contributed by atoms with Crippen molar-refractivity contribution in [3.8, 4) is 0 Å². The minimum atomic E-state index is -0.882. The molecule has 30 nitrogen and oxygen atoms in total. The first-order valence-electron chi connectivity index (χ1n) is 47.9. The topological polar surface area (TPSA) is 367 Å². The van der Waals surface area contributed by atoms with Gasteiger partial charge < -0.3 is 97.1 Å². The molecule has 34 heteroatoms. The zero-order valence-electron chi connectivity index (χ0n) is 90.1. The van der Waals surface area contributed by atoms with Gasteiger partial charge in [-0.15, -0.1) is 54.7 Å². The molecule has 1 unspecified atom stereocenters. The highest BCUT2D eigenvalue weighted by Gasteiger charge is 2.33. The first-order chi connectivity index (χ1) is 64.9. The van der Waals surface area contributed by atoms with Crippen molar-refractivity contribution in [3.63, 3.8) is 0 Å². The Morgan fingerprint density at radius 1 is 0.331 bits per heavy atom. The van der Waals surface area contributed by atoms with Gasteiger partial charge in [0.2, 0.25) is 23.6 Å². The van der Waals surface area contributed by atoms with E-state index in [1.54, 1.807) is 45.1 Å². The highest BCUT2D eigenvalue weighted by Crippen LogP contribution is 2.17. The number of carbonyl (C=O) groups excluding carboxylic acids is 10. The SMILES string of the molecule is CC(C)(C)OC(=O)NC(/C=C/C(=O)ON1C(=O)CCC1=O)Cc1ccccc1.CC(C)C.CN(C)CCCN.CN(C)CCCNC(=O)/C=C/[C@@H](Cc1ccccc1)NC(=O)OC(C)(C)C.CN(C)CCCNC(=O)/C=C/[C@@H](Cc1ccccc1)NC(=O)OC(C)(C)C.CN(C)CCN.C[C@@H](/C=C/C(=O)NCCCN(C)C)Cc1ccccc1.C[C@@H](/C=C/C(=O)NCCN(C)C)Cc1ccccc1.Cl.Cl.Cl.Cl.